The van der Waals surface area contributed by atoms with E-state index in [1.54, 1.807) is 0 Å². The second-order valence-electron chi connectivity index (χ2n) is 2.93. The fourth-order valence-corrected chi connectivity index (χ4v) is 1.20. The Labute approximate surface area is 73.8 Å². The highest BCUT2D eigenvalue weighted by Gasteiger charge is 2.54. The van der Waals surface area contributed by atoms with Crippen molar-refractivity contribution in [3.8, 4) is 0 Å². The first-order valence-corrected chi connectivity index (χ1v) is 3.78. The van der Waals surface area contributed by atoms with Crippen LogP contribution in [-0.4, -0.2) is 17.7 Å². The molecule has 0 bridgehead atoms. The molecule has 1 aromatic carbocycles. The van der Waals surface area contributed by atoms with E-state index in [1.807, 2.05) is 0 Å². The lowest BCUT2D eigenvalue weighted by Crippen LogP contribution is -2.21. The van der Waals surface area contributed by atoms with Gasteiger partial charge in [-0.1, -0.05) is 12.1 Å². The standard InChI is InChI=1S/C9H7FO3/c10-7-3-1-6(2-4-7)9(5-13-9)8(11)12/h1-4H,5H2,(H,11,12). The summed E-state index contributed by atoms with van der Waals surface area (Å²) in [5.41, 5.74) is -0.727. The molecule has 0 spiro atoms. The Bertz CT molecular complexity index is 340. The molecule has 1 N–H and O–H groups in total. The quantitative estimate of drug-likeness (QED) is 0.697. The van der Waals surface area contributed by atoms with Gasteiger partial charge in [0.05, 0.1) is 6.61 Å². The number of rotatable bonds is 2. The van der Waals surface area contributed by atoms with E-state index in [2.05, 4.69) is 0 Å². The van der Waals surface area contributed by atoms with Gasteiger partial charge in [-0.25, -0.2) is 9.18 Å². The van der Waals surface area contributed by atoms with Crippen LogP contribution in [-0.2, 0) is 15.1 Å². The smallest absolute Gasteiger partial charge is 0.343 e. The lowest BCUT2D eigenvalue weighted by molar-refractivity contribution is -0.143. The summed E-state index contributed by atoms with van der Waals surface area (Å²) in [6.07, 6.45) is 0. The molecule has 1 aliphatic rings. The molecule has 0 aromatic heterocycles. The molecule has 1 unspecified atom stereocenters. The monoisotopic (exact) mass is 182 g/mol. The number of carboxylic acids is 1. The highest BCUT2D eigenvalue weighted by atomic mass is 19.1. The topological polar surface area (TPSA) is 49.8 Å². The van der Waals surface area contributed by atoms with E-state index in [9.17, 15) is 9.18 Å². The minimum atomic E-state index is -1.21. The predicted molar refractivity (Wildman–Crippen MR) is 41.7 cm³/mol. The number of carbonyl (C=O) groups is 1. The van der Waals surface area contributed by atoms with Crippen molar-refractivity contribution < 1.29 is 19.0 Å². The van der Waals surface area contributed by atoms with Gasteiger partial charge in [0.25, 0.3) is 0 Å². The Morgan fingerprint density at radius 1 is 1.46 bits per heavy atom. The minimum Gasteiger partial charge on any atom is -0.479 e. The average Bonchev–Trinajstić information content (AvgIpc) is 2.86. The molecule has 1 atom stereocenters. The summed E-state index contributed by atoms with van der Waals surface area (Å²) < 4.78 is 17.4. The molecule has 1 fully saturated rings. The summed E-state index contributed by atoms with van der Waals surface area (Å²) in [5, 5.41) is 8.81. The lowest BCUT2D eigenvalue weighted by atomic mass is 10.0. The maximum Gasteiger partial charge on any atom is 0.343 e. The van der Waals surface area contributed by atoms with Gasteiger partial charge >= 0.3 is 5.97 Å². The number of benzene rings is 1. The Hall–Kier alpha value is -1.42. The van der Waals surface area contributed by atoms with E-state index >= 15 is 0 Å². The van der Waals surface area contributed by atoms with Crippen molar-refractivity contribution in [3.63, 3.8) is 0 Å². The molecular formula is C9H7FO3. The van der Waals surface area contributed by atoms with Gasteiger partial charge in [0.15, 0.2) is 0 Å². The number of hydrogen-bond acceptors (Lipinski definition) is 2. The number of epoxide rings is 1. The second kappa shape index (κ2) is 2.53. The van der Waals surface area contributed by atoms with Crippen molar-refractivity contribution in [2.75, 3.05) is 6.61 Å². The molecule has 0 amide bonds. The zero-order valence-electron chi connectivity index (χ0n) is 6.66. The third-order valence-electron chi connectivity index (χ3n) is 2.09. The van der Waals surface area contributed by atoms with Crippen molar-refractivity contribution in [3.05, 3.63) is 35.6 Å². The number of aliphatic carboxylic acids is 1. The van der Waals surface area contributed by atoms with Crippen LogP contribution in [0.15, 0.2) is 24.3 Å². The normalized spacial score (nSPS) is 25.6. The maximum atomic E-state index is 12.5. The van der Waals surface area contributed by atoms with Gasteiger partial charge in [0.1, 0.15) is 5.82 Å². The molecular weight excluding hydrogens is 175 g/mol. The fourth-order valence-electron chi connectivity index (χ4n) is 1.20. The maximum absolute atomic E-state index is 12.5. The van der Waals surface area contributed by atoms with Gasteiger partial charge in [0, 0.05) is 0 Å². The van der Waals surface area contributed by atoms with E-state index in [0.717, 1.165) is 0 Å². The number of halogens is 1. The summed E-state index contributed by atoms with van der Waals surface area (Å²) in [6.45, 7) is 0.161. The van der Waals surface area contributed by atoms with Gasteiger partial charge in [-0.15, -0.1) is 0 Å². The van der Waals surface area contributed by atoms with Crippen molar-refractivity contribution >= 4 is 5.97 Å². The highest BCUT2D eigenvalue weighted by molar-refractivity contribution is 5.82. The molecule has 0 aliphatic carbocycles. The first-order valence-electron chi connectivity index (χ1n) is 3.78. The SMILES string of the molecule is O=C(O)C1(c2ccc(F)cc2)CO1. The molecule has 4 heteroatoms. The third-order valence-corrected chi connectivity index (χ3v) is 2.09. The van der Waals surface area contributed by atoms with Gasteiger partial charge in [-0.2, -0.15) is 0 Å². The van der Waals surface area contributed by atoms with Crippen LogP contribution in [0.5, 0.6) is 0 Å². The van der Waals surface area contributed by atoms with E-state index in [-0.39, 0.29) is 12.4 Å². The van der Waals surface area contributed by atoms with E-state index < -0.39 is 11.6 Å². The molecule has 3 nitrogen and oxygen atoms in total. The van der Waals surface area contributed by atoms with Crippen LogP contribution in [0.4, 0.5) is 4.39 Å². The average molecular weight is 182 g/mol. The zero-order chi connectivity index (χ0) is 9.47. The Morgan fingerprint density at radius 3 is 2.38 bits per heavy atom. The molecule has 1 heterocycles. The summed E-state index contributed by atoms with van der Waals surface area (Å²) in [4.78, 5) is 10.8. The first-order chi connectivity index (χ1) is 6.15. The Balaban J connectivity index is 2.36. The van der Waals surface area contributed by atoms with Crippen molar-refractivity contribution in [1.82, 2.24) is 0 Å². The lowest BCUT2D eigenvalue weighted by Gasteiger charge is -2.05. The molecule has 1 aliphatic heterocycles. The fraction of sp³-hybridized carbons (Fsp3) is 0.222. The van der Waals surface area contributed by atoms with Gasteiger partial charge < -0.3 is 9.84 Å². The first kappa shape index (κ1) is 8.19. The van der Waals surface area contributed by atoms with Gasteiger partial charge in [-0.05, 0) is 17.7 Å². The van der Waals surface area contributed by atoms with Crippen LogP contribution < -0.4 is 0 Å². The van der Waals surface area contributed by atoms with Crippen LogP contribution in [0.3, 0.4) is 0 Å². The Morgan fingerprint density at radius 2 is 2.00 bits per heavy atom. The van der Waals surface area contributed by atoms with Crippen molar-refractivity contribution in [2.45, 2.75) is 5.60 Å². The molecule has 68 valence electrons. The summed E-state index contributed by atoms with van der Waals surface area (Å²) >= 11 is 0. The van der Waals surface area contributed by atoms with Crippen LogP contribution in [0.1, 0.15) is 5.56 Å². The number of ether oxygens (including phenoxy) is 1. The second-order valence-corrected chi connectivity index (χ2v) is 2.93. The summed E-state index contributed by atoms with van der Waals surface area (Å²) in [5.74, 6) is -1.41. The molecule has 1 aromatic rings. The minimum absolute atomic E-state index is 0.161. The highest BCUT2D eigenvalue weighted by Crippen LogP contribution is 2.38. The third kappa shape index (κ3) is 1.19. The predicted octanol–water partition coefficient (Wildman–Crippen LogP) is 1.14. The van der Waals surface area contributed by atoms with Gasteiger partial charge in [-0.3, -0.25) is 0 Å². The van der Waals surface area contributed by atoms with Crippen LogP contribution in [0.25, 0.3) is 0 Å². The molecule has 0 radical (unpaired) electrons. The molecule has 1 saturated heterocycles. The van der Waals surface area contributed by atoms with E-state index in [0.29, 0.717) is 5.56 Å². The molecule has 13 heavy (non-hydrogen) atoms. The van der Waals surface area contributed by atoms with Crippen molar-refractivity contribution in [2.24, 2.45) is 0 Å². The van der Waals surface area contributed by atoms with E-state index in [1.165, 1.54) is 24.3 Å². The largest absolute Gasteiger partial charge is 0.479 e. The zero-order valence-corrected chi connectivity index (χ0v) is 6.66. The summed E-state index contributed by atoms with van der Waals surface area (Å²) in [7, 11) is 0. The van der Waals surface area contributed by atoms with Gasteiger partial charge in [0.2, 0.25) is 5.60 Å². The van der Waals surface area contributed by atoms with Crippen molar-refractivity contribution in [1.29, 1.82) is 0 Å². The molecule has 2 rings (SSSR count). The Kier molecular flexibility index (Phi) is 1.60. The van der Waals surface area contributed by atoms with Crippen LogP contribution in [0, 0.1) is 5.82 Å². The number of hydrogen-bond donors (Lipinski definition) is 1. The van der Waals surface area contributed by atoms with E-state index in [4.69, 9.17) is 9.84 Å². The molecule has 0 saturated carbocycles. The van der Waals surface area contributed by atoms with Crippen LogP contribution >= 0.6 is 0 Å². The summed E-state index contributed by atoms with van der Waals surface area (Å²) in [6, 6.07) is 5.30. The number of carboxylic acid groups (broad SMARTS) is 1. The van der Waals surface area contributed by atoms with Crippen LogP contribution in [0.2, 0.25) is 0 Å².